The molecule has 0 bridgehead atoms. The first-order valence-corrected chi connectivity index (χ1v) is 3.78. The van der Waals surface area contributed by atoms with Crippen molar-refractivity contribution >= 4 is 6.09 Å². The minimum atomic E-state index is -0.368. The van der Waals surface area contributed by atoms with Crippen molar-refractivity contribution in [2.75, 3.05) is 13.1 Å². The van der Waals surface area contributed by atoms with Gasteiger partial charge in [-0.15, -0.1) is 13.1 Å². The molecule has 0 aliphatic carbocycles. The van der Waals surface area contributed by atoms with E-state index < -0.39 is 0 Å². The van der Waals surface area contributed by atoms with Crippen molar-refractivity contribution in [2.45, 2.75) is 26.4 Å². The molecule has 0 saturated carbocycles. The SMILES string of the molecule is CC(C)(C)OC(=O)N1C[CH-]C1.[CH3-].[Zn+2]. The van der Waals surface area contributed by atoms with Gasteiger partial charge in [0.05, 0.1) is 0 Å². The summed E-state index contributed by atoms with van der Waals surface area (Å²) in [5, 5.41) is 0. The summed E-state index contributed by atoms with van der Waals surface area (Å²) in [6.07, 6.45) is 1.82. The topological polar surface area (TPSA) is 29.5 Å². The van der Waals surface area contributed by atoms with Crippen LogP contribution in [-0.2, 0) is 24.2 Å². The molecule has 0 radical (unpaired) electrons. The van der Waals surface area contributed by atoms with Crippen LogP contribution in [0.2, 0.25) is 0 Å². The minimum Gasteiger partial charge on any atom is -0.444 e. The second kappa shape index (κ2) is 5.59. The fourth-order valence-electron chi connectivity index (χ4n) is 0.734. The molecule has 72 valence electrons. The Bertz CT molecular complexity index is 161. The first-order chi connectivity index (χ1) is 4.99. The molecule has 0 atom stereocenters. The molecule has 1 rings (SSSR count). The standard InChI is InChI=1S/C8H14NO2.CH3.Zn/c1-8(2,3)11-7(10)9-5-4-6-9;;/h4H,5-6H2,1-3H3;1H3;/q2*-1;+2. The summed E-state index contributed by atoms with van der Waals surface area (Å²) in [4.78, 5) is 12.8. The van der Waals surface area contributed by atoms with Gasteiger partial charge < -0.3 is 17.1 Å². The van der Waals surface area contributed by atoms with Crippen LogP contribution in [0.5, 0.6) is 0 Å². The van der Waals surface area contributed by atoms with Crippen LogP contribution in [0.3, 0.4) is 0 Å². The van der Waals surface area contributed by atoms with E-state index in [1.165, 1.54) is 0 Å². The van der Waals surface area contributed by atoms with Gasteiger partial charge in [-0.3, -0.25) is 6.42 Å². The van der Waals surface area contributed by atoms with Gasteiger partial charge in [0.1, 0.15) is 5.60 Å². The number of likely N-dealkylation sites (tertiary alicyclic amines) is 1. The van der Waals surface area contributed by atoms with Crippen molar-refractivity contribution < 1.29 is 29.0 Å². The van der Waals surface area contributed by atoms with Gasteiger partial charge in [0, 0.05) is 0 Å². The Morgan fingerprint density at radius 2 is 1.85 bits per heavy atom. The van der Waals surface area contributed by atoms with E-state index in [4.69, 9.17) is 4.74 Å². The van der Waals surface area contributed by atoms with Gasteiger partial charge in [-0.05, 0) is 20.8 Å². The van der Waals surface area contributed by atoms with Crippen molar-refractivity contribution in [2.24, 2.45) is 0 Å². The normalized spacial score (nSPS) is 14.8. The van der Waals surface area contributed by atoms with E-state index in [-0.39, 0.29) is 38.6 Å². The summed E-state index contributed by atoms with van der Waals surface area (Å²) in [6, 6.07) is 0. The Morgan fingerprint density at radius 1 is 1.38 bits per heavy atom. The maximum atomic E-state index is 11.1. The van der Waals surface area contributed by atoms with Gasteiger partial charge in [0.25, 0.3) is 0 Å². The smallest absolute Gasteiger partial charge is 0.444 e. The number of ether oxygens (including phenoxy) is 1. The Morgan fingerprint density at radius 3 is 2.08 bits per heavy atom. The van der Waals surface area contributed by atoms with E-state index in [1.807, 2.05) is 27.2 Å². The second-order valence-corrected chi connectivity index (χ2v) is 3.67. The number of carbonyl (C=O) groups excluding carboxylic acids is 1. The van der Waals surface area contributed by atoms with E-state index in [1.54, 1.807) is 4.90 Å². The molecule has 0 spiro atoms. The average molecular weight is 237 g/mol. The Labute approximate surface area is 93.6 Å². The van der Waals surface area contributed by atoms with Crippen LogP contribution < -0.4 is 0 Å². The first kappa shape index (κ1) is 15.4. The quantitative estimate of drug-likeness (QED) is 0.475. The molecule has 1 amide bonds. The molecule has 1 aliphatic rings. The molecule has 1 aliphatic heterocycles. The average Bonchev–Trinajstić information content (AvgIpc) is 1.50. The number of rotatable bonds is 0. The van der Waals surface area contributed by atoms with Crippen LogP contribution >= 0.6 is 0 Å². The van der Waals surface area contributed by atoms with Crippen molar-refractivity contribution in [1.29, 1.82) is 0 Å². The molecule has 3 nitrogen and oxygen atoms in total. The summed E-state index contributed by atoms with van der Waals surface area (Å²) in [5.41, 5.74) is -0.368. The zero-order chi connectivity index (χ0) is 8.48. The van der Waals surface area contributed by atoms with Crippen LogP contribution in [0.4, 0.5) is 4.79 Å². The zero-order valence-electron chi connectivity index (χ0n) is 8.96. The van der Waals surface area contributed by atoms with Crippen molar-refractivity contribution in [1.82, 2.24) is 4.90 Å². The third-order valence-electron chi connectivity index (χ3n) is 1.35. The third-order valence-corrected chi connectivity index (χ3v) is 1.35. The number of carbonyl (C=O) groups is 1. The maximum Gasteiger partial charge on any atom is 2.00 e. The largest absolute Gasteiger partial charge is 2.00 e. The van der Waals surface area contributed by atoms with Crippen LogP contribution in [0.15, 0.2) is 0 Å². The zero-order valence-corrected chi connectivity index (χ0v) is 11.9. The molecule has 0 aromatic rings. The fourth-order valence-corrected chi connectivity index (χ4v) is 0.734. The predicted octanol–water partition coefficient (Wildman–Crippen LogP) is 1.89. The van der Waals surface area contributed by atoms with E-state index in [0.29, 0.717) is 0 Å². The van der Waals surface area contributed by atoms with E-state index >= 15 is 0 Å². The van der Waals surface area contributed by atoms with E-state index in [2.05, 4.69) is 0 Å². The van der Waals surface area contributed by atoms with Crippen LogP contribution in [0.1, 0.15) is 20.8 Å². The van der Waals surface area contributed by atoms with E-state index in [0.717, 1.165) is 13.1 Å². The molecule has 13 heavy (non-hydrogen) atoms. The number of nitrogens with zero attached hydrogens (tertiary/aromatic N) is 1. The molecule has 4 heteroatoms. The molecule has 0 aromatic carbocycles. The summed E-state index contributed by atoms with van der Waals surface area (Å²) in [5.74, 6) is 0. The molecule has 0 unspecified atom stereocenters. The Balaban J connectivity index is 0. The molecular formula is C9H17NO2Zn. The van der Waals surface area contributed by atoms with Gasteiger partial charge in [-0.2, -0.15) is 0 Å². The fraction of sp³-hybridized carbons (Fsp3) is 0.667. The first-order valence-electron chi connectivity index (χ1n) is 3.78. The number of hydrogen-bond acceptors (Lipinski definition) is 2. The van der Waals surface area contributed by atoms with Crippen LogP contribution in [0, 0.1) is 13.8 Å². The number of amides is 1. The molecule has 1 heterocycles. The Kier molecular flexibility index (Phi) is 6.61. The molecule has 1 saturated heterocycles. The number of hydrogen-bond donors (Lipinski definition) is 0. The molecular weight excluding hydrogens is 219 g/mol. The van der Waals surface area contributed by atoms with E-state index in [9.17, 15) is 4.79 Å². The molecule has 0 N–H and O–H groups in total. The summed E-state index contributed by atoms with van der Waals surface area (Å²) < 4.78 is 5.11. The maximum absolute atomic E-state index is 11.1. The third kappa shape index (κ3) is 5.25. The minimum absolute atomic E-state index is 0. The summed E-state index contributed by atoms with van der Waals surface area (Å²) in [6.45, 7) is 7.07. The van der Waals surface area contributed by atoms with Gasteiger partial charge >= 0.3 is 25.6 Å². The van der Waals surface area contributed by atoms with Crippen LogP contribution in [0.25, 0.3) is 0 Å². The van der Waals surface area contributed by atoms with Crippen molar-refractivity contribution in [3.05, 3.63) is 13.8 Å². The molecule has 1 fully saturated rings. The van der Waals surface area contributed by atoms with Crippen molar-refractivity contribution in [3.63, 3.8) is 0 Å². The Hall–Kier alpha value is -0.107. The van der Waals surface area contributed by atoms with Gasteiger partial charge in [0.15, 0.2) is 0 Å². The summed E-state index contributed by atoms with van der Waals surface area (Å²) in [7, 11) is 0. The van der Waals surface area contributed by atoms with Gasteiger partial charge in [0.2, 0.25) is 0 Å². The summed E-state index contributed by atoms with van der Waals surface area (Å²) >= 11 is 0. The second-order valence-electron chi connectivity index (χ2n) is 3.67. The van der Waals surface area contributed by atoms with Crippen LogP contribution in [-0.4, -0.2) is 29.7 Å². The van der Waals surface area contributed by atoms with Gasteiger partial charge in [-0.1, -0.05) is 0 Å². The van der Waals surface area contributed by atoms with Crippen molar-refractivity contribution in [3.8, 4) is 0 Å². The monoisotopic (exact) mass is 235 g/mol. The predicted molar refractivity (Wildman–Crippen MR) is 48.5 cm³/mol. The molecule has 0 aromatic heterocycles. The van der Waals surface area contributed by atoms with Gasteiger partial charge in [-0.25, -0.2) is 4.79 Å².